The molecule has 2 N–H and O–H groups in total. The highest BCUT2D eigenvalue weighted by atomic mass is 19.1. The molecular weight excluding hydrogens is 211 g/mol. The van der Waals surface area contributed by atoms with Crippen LogP contribution in [0.1, 0.15) is 18.9 Å². The van der Waals surface area contributed by atoms with Crippen molar-refractivity contribution < 1.29 is 19.3 Å². The molecule has 0 aromatic heterocycles. The first-order valence-electron chi connectivity index (χ1n) is 5.37. The highest BCUT2D eigenvalue weighted by Gasteiger charge is 2.09. The van der Waals surface area contributed by atoms with Crippen LogP contribution in [0.2, 0.25) is 0 Å². The molecule has 0 saturated heterocycles. The number of aliphatic hydroxyl groups is 2. The van der Waals surface area contributed by atoms with E-state index in [9.17, 15) is 9.50 Å². The zero-order chi connectivity index (χ0) is 12.0. The fourth-order valence-electron chi connectivity index (χ4n) is 1.39. The van der Waals surface area contributed by atoms with Crippen LogP contribution in [0.3, 0.4) is 0 Å². The maximum absolute atomic E-state index is 13.0. The van der Waals surface area contributed by atoms with E-state index in [2.05, 4.69) is 0 Å². The number of hydrogen-bond donors (Lipinski definition) is 2. The maximum atomic E-state index is 13.0. The molecule has 1 atom stereocenters. The molecule has 4 heteroatoms. The van der Waals surface area contributed by atoms with Crippen molar-refractivity contribution >= 4 is 0 Å². The fraction of sp³-hybridized carbons (Fsp3) is 0.500. The van der Waals surface area contributed by atoms with E-state index in [1.807, 2.05) is 6.92 Å². The Kier molecular flexibility index (Phi) is 5.22. The minimum atomic E-state index is -0.457. The Labute approximate surface area is 94.5 Å². The lowest BCUT2D eigenvalue weighted by Gasteiger charge is -2.13. The van der Waals surface area contributed by atoms with E-state index in [4.69, 9.17) is 9.84 Å². The molecule has 16 heavy (non-hydrogen) atoms. The Balaban J connectivity index is 2.80. The summed E-state index contributed by atoms with van der Waals surface area (Å²) < 4.78 is 18.2. The van der Waals surface area contributed by atoms with Crippen LogP contribution in [0.25, 0.3) is 0 Å². The van der Waals surface area contributed by atoms with Gasteiger partial charge in [-0.25, -0.2) is 4.39 Å². The monoisotopic (exact) mass is 228 g/mol. The summed E-state index contributed by atoms with van der Waals surface area (Å²) in [5, 5.41) is 18.2. The van der Waals surface area contributed by atoms with Crippen LogP contribution in [-0.2, 0) is 6.42 Å². The SMILES string of the molecule is CCC(O)Cc1ccc(F)cc1OCCO. The molecule has 0 heterocycles. The van der Waals surface area contributed by atoms with Gasteiger partial charge in [0, 0.05) is 12.5 Å². The predicted octanol–water partition coefficient (Wildman–Crippen LogP) is 1.51. The first kappa shape index (κ1) is 12.9. The summed E-state index contributed by atoms with van der Waals surface area (Å²) in [5.41, 5.74) is 0.754. The molecule has 1 aromatic carbocycles. The third kappa shape index (κ3) is 3.79. The molecule has 0 radical (unpaired) electrons. The van der Waals surface area contributed by atoms with Gasteiger partial charge in [0.1, 0.15) is 18.2 Å². The molecule has 0 fully saturated rings. The molecule has 0 saturated carbocycles. The van der Waals surface area contributed by atoms with E-state index in [-0.39, 0.29) is 19.0 Å². The Hall–Kier alpha value is -1.13. The molecule has 1 aromatic rings. The second-order valence-corrected chi connectivity index (χ2v) is 3.59. The number of benzene rings is 1. The summed E-state index contributed by atoms with van der Waals surface area (Å²) in [6, 6.07) is 4.21. The van der Waals surface area contributed by atoms with Crippen molar-refractivity contribution in [2.24, 2.45) is 0 Å². The van der Waals surface area contributed by atoms with Crippen molar-refractivity contribution in [3.8, 4) is 5.75 Å². The van der Waals surface area contributed by atoms with Crippen LogP contribution in [0.5, 0.6) is 5.75 Å². The van der Waals surface area contributed by atoms with Crippen LogP contribution < -0.4 is 4.74 Å². The molecule has 0 spiro atoms. The number of rotatable bonds is 6. The van der Waals surface area contributed by atoms with Crippen molar-refractivity contribution in [2.75, 3.05) is 13.2 Å². The highest BCUT2D eigenvalue weighted by Crippen LogP contribution is 2.22. The number of halogens is 1. The average Bonchev–Trinajstić information content (AvgIpc) is 2.29. The lowest BCUT2D eigenvalue weighted by Crippen LogP contribution is -2.11. The van der Waals surface area contributed by atoms with Crippen LogP contribution in [0, 0.1) is 5.82 Å². The topological polar surface area (TPSA) is 49.7 Å². The van der Waals surface area contributed by atoms with E-state index in [1.165, 1.54) is 12.1 Å². The Morgan fingerprint density at radius 1 is 1.44 bits per heavy atom. The van der Waals surface area contributed by atoms with Crippen molar-refractivity contribution in [3.63, 3.8) is 0 Å². The molecule has 0 aliphatic heterocycles. The zero-order valence-corrected chi connectivity index (χ0v) is 9.32. The van der Waals surface area contributed by atoms with E-state index in [1.54, 1.807) is 6.07 Å². The van der Waals surface area contributed by atoms with E-state index >= 15 is 0 Å². The standard InChI is InChI=1S/C12H17FO3/c1-2-11(15)7-9-3-4-10(13)8-12(9)16-6-5-14/h3-4,8,11,14-15H,2,5-7H2,1H3. The fourth-order valence-corrected chi connectivity index (χ4v) is 1.39. The van der Waals surface area contributed by atoms with Gasteiger partial charge in [-0.05, 0) is 18.1 Å². The Bertz CT molecular complexity index is 328. The molecule has 0 aliphatic rings. The van der Waals surface area contributed by atoms with Gasteiger partial charge in [0.05, 0.1) is 12.7 Å². The van der Waals surface area contributed by atoms with Crippen molar-refractivity contribution in [3.05, 3.63) is 29.6 Å². The quantitative estimate of drug-likeness (QED) is 0.776. The van der Waals surface area contributed by atoms with Gasteiger partial charge in [0.25, 0.3) is 0 Å². The molecule has 1 rings (SSSR count). The number of aliphatic hydroxyl groups excluding tert-OH is 2. The first-order valence-corrected chi connectivity index (χ1v) is 5.37. The average molecular weight is 228 g/mol. The van der Waals surface area contributed by atoms with Crippen LogP contribution >= 0.6 is 0 Å². The summed E-state index contributed by atoms with van der Waals surface area (Å²) in [4.78, 5) is 0. The summed E-state index contributed by atoms with van der Waals surface area (Å²) in [6.07, 6.45) is 0.607. The molecule has 90 valence electrons. The van der Waals surface area contributed by atoms with Gasteiger partial charge in [0.2, 0.25) is 0 Å². The molecule has 0 amide bonds. The summed E-state index contributed by atoms with van der Waals surface area (Å²) >= 11 is 0. The van der Waals surface area contributed by atoms with Crippen LogP contribution in [0.15, 0.2) is 18.2 Å². The Morgan fingerprint density at radius 3 is 2.81 bits per heavy atom. The number of hydrogen-bond acceptors (Lipinski definition) is 3. The van der Waals surface area contributed by atoms with Gasteiger partial charge in [0.15, 0.2) is 0 Å². The smallest absolute Gasteiger partial charge is 0.126 e. The van der Waals surface area contributed by atoms with E-state index in [0.29, 0.717) is 18.6 Å². The van der Waals surface area contributed by atoms with Crippen molar-refractivity contribution in [2.45, 2.75) is 25.9 Å². The van der Waals surface area contributed by atoms with Gasteiger partial charge >= 0.3 is 0 Å². The zero-order valence-electron chi connectivity index (χ0n) is 9.32. The maximum Gasteiger partial charge on any atom is 0.126 e. The third-order valence-electron chi connectivity index (χ3n) is 2.30. The summed E-state index contributed by atoms with van der Waals surface area (Å²) in [6.45, 7) is 1.88. The normalized spacial score (nSPS) is 12.5. The molecule has 0 aliphatic carbocycles. The van der Waals surface area contributed by atoms with Crippen molar-refractivity contribution in [1.82, 2.24) is 0 Å². The molecule has 0 bridgehead atoms. The van der Waals surface area contributed by atoms with E-state index < -0.39 is 6.10 Å². The minimum Gasteiger partial charge on any atom is -0.491 e. The van der Waals surface area contributed by atoms with Gasteiger partial charge in [-0.3, -0.25) is 0 Å². The number of ether oxygens (including phenoxy) is 1. The lowest BCUT2D eigenvalue weighted by molar-refractivity contribution is 0.166. The first-order chi connectivity index (χ1) is 7.67. The van der Waals surface area contributed by atoms with Crippen LogP contribution in [-0.4, -0.2) is 29.5 Å². The van der Waals surface area contributed by atoms with Gasteiger partial charge in [-0.1, -0.05) is 13.0 Å². The third-order valence-corrected chi connectivity index (χ3v) is 2.30. The largest absolute Gasteiger partial charge is 0.491 e. The molecule has 3 nitrogen and oxygen atoms in total. The summed E-state index contributed by atoms with van der Waals surface area (Å²) in [7, 11) is 0. The second-order valence-electron chi connectivity index (χ2n) is 3.59. The minimum absolute atomic E-state index is 0.119. The van der Waals surface area contributed by atoms with Gasteiger partial charge in [-0.2, -0.15) is 0 Å². The van der Waals surface area contributed by atoms with Crippen molar-refractivity contribution in [1.29, 1.82) is 0 Å². The van der Waals surface area contributed by atoms with Gasteiger partial charge < -0.3 is 14.9 Å². The lowest BCUT2D eigenvalue weighted by atomic mass is 10.1. The van der Waals surface area contributed by atoms with Crippen LogP contribution in [0.4, 0.5) is 4.39 Å². The Morgan fingerprint density at radius 2 is 2.19 bits per heavy atom. The molecule has 1 unspecified atom stereocenters. The molecular formula is C12H17FO3. The second kappa shape index (κ2) is 6.45. The van der Waals surface area contributed by atoms with E-state index in [0.717, 1.165) is 5.56 Å². The predicted molar refractivity (Wildman–Crippen MR) is 59.0 cm³/mol. The highest BCUT2D eigenvalue weighted by molar-refractivity contribution is 5.34. The van der Waals surface area contributed by atoms with Gasteiger partial charge in [-0.15, -0.1) is 0 Å². The summed E-state index contributed by atoms with van der Waals surface area (Å²) in [5.74, 6) is 0.00391.